The maximum atomic E-state index is 12.3. The SMILES string of the molecule is CCCCCCCCCCCCCCOC[C@H](N)COP(=O)(O)OC[C@H]1O[C@@H](n2ccc(=O)[nH]c2=S)C(C)(O)[C@H]1O. The quantitative estimate of drug-likeness (QED) is 0.0714. The van der Waals surface area contributed by atoms with Crippen molar-refractivity contribution in [1.29, 1.82) is 0 Å². The van der Waals surface area contributed by atoms with E-state index in [2.05, 4.69) is 11.9 Å². The van der Waals surface area contributed by atoms with E-state index in [9.17, 15) is 24.5 Å². The van der Waals surface area contributed by atoms with Gasteiger partial charge in [-0.3, -0.25) is 23.4 Å². The molecule has 238 valence electrons. The Morgan fingerprint density at radius 3 is 2.27 bits per heavy atom. The fourth-order valence-corrected chi connectivity index (χ4v) is 5.76. The largest absolute Gasteiger partial charge is 0.472 e. The highest BCUT2D eigenvalue weighted by Crippen LogP contribution is 2.45. The lowest BCUT2D eigenvalue weighted by Gasteiger charge is -2.27. The summed E-state index contributed by atoms with van der Waals surface area (Å²) in [6.45, 7) is 3.47. The lowest BCUT2D eigenvalue weighted by Crippen LogP contribution is -2.44. The average molecular weight is 624 g/mol. The second kappa shape index (κ2) is 18.6. The number of rotatable bonds is 22. The highest BCUT2D eigenvalue weighted by Gasteiger charge is 2.53. The van der Waals surface area contributed by atoms with E-state index in [1.807, 2.05) is 0 Å². The van der Waals surface area contributed by atoms with E-state index in [1.165, 1.54) is 88.0 Å². The number of aliphatic hydroxyl groups excluding tert-OH is 1. The normalized spacial score (nSPS) is 24.9. The zero-order chi connectivity index (χ0) is 30.3. The number of phosphoric ester groups is 1. The predicted molar refractivity (Wildman–Crippen MR) is 158 cm³/mol. The van der Waals surface area contributed by atoms with E-state index in [0.717, 1.165) is 12.8 Å². The Hall–Kier alpha value is -0.990. The molecule has 2 unspecified atom stereocenters. The zero-order valence-electron chi connectivity index (χ0n) is 24.4. The lowest BCUT2D eigenvalue weighted by molar-refractivity contribution is -0.0978. The van der Waals surface area contributed by atoms with Gasteiger partial charge in [0, 0.05) is 18.9 Å². The Balaban J connectivity index is 1.57. The first-order chi connectivity index (χ1) is 19.5. The van der Waals surface area contributed by atoms with Crippen LogP contribution in [0.3, 0.4) is 0 Å². The number of H-pyrrole nitrogens is 1. The van der Waals surface area contributed by atoms with Gasteiger partial charge < -0.3 is 30.3 Å². The van der Waals surface area contributed by atoms with E-state index >= 15 is 0 Å². The van der Waals surface area contributed by atoms with E-state index in [-0.39, 0.29) is 18.0 Å². The Bertz CT molecular complexity index is 1040. The Kier molecular flexibility index (Phi) is 16.4. The van der Waals surface area contributed by atoms with Crippen molar-refractivity contribution in [2.24, 2.45) is 5.73 Å². The number of aliphatic hydroxyl groups is 2. The molecule has 12 nitrogen and oxygen atoms in total. The summed E-state index contributed by atoms with van der Waals surface area (Å²) in [6.07, 6.45) is 12.6. The van der Waals surface area contributed by atoms with Crippen LogP contribution in [0.1, 0.15) is 97.1 Å². The van der Waals surface area contributed by atoms with E-state index in [4.69, 9.17) is 36.5 Å². The highest BCUT2D eigenvalue weighted by atomic mass is 32.1. The summed E-state index contributed by atoms with van der Waals surface area (Å²) in [7, 11) is -4.53. The van der Waals surface area contributed by atoms with Crippen LogP contribution in [0.4, 0.5) is 0 Å². The number of hydrogen-bond acceptors (Lipinski definition) is 10. The molecule has 2 heterocycles. The molecule has 0 bridgehead atoms. The minimum absolute atomic E-state index is 0.0253. The topological polar surface area (TPSA) is 178 Å². The molecule has 1 aliphatic rings. The van der Waals surface area contributed by atoms with Gasteiger partial charge in [0.1, 0.15) is 17.8 Å². The Labute approximate surface area is 248 Å². The molecule has 0 amide bonds. The number of nitrogens with two attached hydrogens (primary N) is 1. The number of nitrogens with zero attached hydrogens (tertiary/aromatic N) is 1. The molecule has 2 rings (SSSR count). The van der Waals surface area contributed by atoms with Gasteiger partial charge in [-0.25, -0.2) is 4.57 Å². The third-order valence-electron chi connectivity index (χ3n) is 7.19. The second-order valence-corrected chi connectivity index (χ2v) is 12.8. The molecule has 1 saturated heterocycles. The van der Waals surface area contributed by atoms with Crippen LogP contribution in [-0.4, -0.2) is 74.9 Å². The fourth-order valence-electron chi connectivity index (χ4n) is 4.71. The number of unbranched alkanes of at least 4 members (excludes halogenated alkanes) is 11. The third kappa shape index (κ3) is 13.0. The zero-order valence-corrected chi connectivity index (χ0v) is 26.2. The van der Waals surface area contributed by atoms with Crippen LogP contribution in [0.15, 0.2) is 17.1 Å². The Morgan fingerprint density at radius 1 is 1.10 bits per heavy atom. The van der Waals surface area contributed by atoms with Crippen molar-refractivity contribution in [2.75, 3.05) is 26.4 Å². The van der Waals surface area contributed by atoms with Crippen LogP contribution in [0.5, 0.6) is 0 Å². The molecule has 1 aromatic heterocycles. The predicted octanol–water partition coefficient (Wildman–Crippen LogP) is 4.09. The second-order valence-electron chi connectivity index (χ2n) is 11.0. The summed E-state index contributed by atoms with van der Waals surface area (Å²) in [6, 6.07) is 0.560. The number of phosphoric acid groups is 1. The van der Waals surface area contributed by atoms with E-state index < -0.39 is 50.1 Å². The molecule has 0 spiro atoms. The van der Waals surface area contributed by atoms with Crippen molar-refractivity contribution in [1.82, 2.24) is 9.55 Å². The first-order valence-electron chi connectivity index (χ1n) is 14.8. The van der Waals surface area contributed by atoms with Crippen molar-refractivity contribution in [3.05, 3.63) is 27.4 Å². The summed E-state index contributed by atoms with van der Waals surface area (Å²) in [5.41, 5.74) is 3.67. The summed E-state index contributed by atoms with van der Waals surface area (Å²) in [5.74, 6) is 0. The van der Waals surface area contributed by atoms with Crippen LogP contribution in [0, 0.1) is 4.77 Å². The van der Waals surface area contributed by atoms with Crippen molar-refractivity contribution in [3.8, 4) is 0 Å². The van der Waals surface area contributed by atoms with E-state index in [0.29, 0.717) is 6.61 Å². The smallest absolute Gasteiger partial charge is 0.387 e. The molecule has 14 heteroatoms. The van der Waals surface area contributed by atoms with Crippen LogP contribution in [0.2, 0.25) is 0 Å². The molecule has 6 N–H and O–H groups in total. The van der Waals surface area contributed by atoms with Gasteiger partial charge in [0.2, 0.25) is 0 Å². The summed E-state index contributed by atoms with van der Waals surface area (Å²) >= 11 is 5.10. The monoisotopic (exact) mass is 623 g/mol. The van der Waals surface area contributed by atoms with Gasteiger partial charge in [-0.15, -0.1) is 0 Å². The first kappa shape index (κ1) is 36.2. The molecule has 0 radical (unpaired) electrons. The van der Waals surface area contributed by atoms with Gasteiger partial charge in [0.25, 0.3) is 5.56 Å². The fraction of sp³-hybridized carbons (Fsp3) is 0.852. The molecule has 1 aliphatic heterocycles. The summed E-state index contributed by atoms with van der Waals surface area (Å²) in [5, 5.41) is 21.3. The van der Waals surface area contributed by atoms with Crippen LogP contribution < -0.4 is 11.3 Å². The molecule has 1 fully saturated rings. The molecule has 1 aromatic rings. The van der Waals surface area contributed by atoms with Crippen molar-refractivity contribution < 1.29 is 38.2 Å². The van der Waals surface area contributed by atoms with Gasteiger partial charge in [-0.05, 0) is 25.6 Å². The molecular weight excluding hydrogens is 573 g/mol. The van der Waals surface area contributed by atoms with Crippen molar-refractivity contribution in [2.45, 2.75) is 121 Å². The average Bonchev–Trinajstić information content (AvgIpc) is 3.14. The highest BCUT2D eigenvalue weighted by molar-refractivity contribution is 7.71. The number of hydrogen-bond donors (Lipinski definition) is 5. The third-order valence-corrected chi connectivity index (χ3v) is 8.45. The molecule has 0 aromatic carbocycles. The standard InChI is InChI=1S/C27H50N3O9PS/c1-3-4-5-6-7-8-9-10-11-12-13-14-17-36-18-21(28)19-37-40(34,35)38-20-22-24(32)27(2,33)25(39-22)30-16-15-23(31)29-26(30)41/h15-16,21-22,24-25,32-33H,3-14,17-20,28H2,1-2H3,(H,34,35)(H,29,31,41)/t21-,22+,24-,25+,27?/m0/s1. The maximum Gasteiger partial charge on any atom is 0.472 e. The molecule has 0 saturated carbocycles. The number of aromatic amines is 1. The molecule has 6 atom stereocenters. The minimum atomic E-state index is -4.53. The first-order valence-corrected chi connectivity index (χ1v) is 16.7. The van der Waals surface area contributed by atoms with Crippen LogP contribution >= 0.6 is 20.0 Å². The van der Waals surface area contributed by atoms with Gasteiger partial charge in [-0.1, -0.05) is 77.6 Å². The molecular formula is C27H50N3O9PS. The van der Waals surface area contributed by atoms with Gasteiger partial charge in [-0.2, -0.15) is 0 Å². The number of ether oxygens (including phenoxy) is 2. The van der Waals surface area contributed by atoms with Crippen LogP contribution in [0.25, 0.3) is 0 Å². The lowest BCUT2D eigenvalue weighted by atomic mass is 9.96. The molecule has 0 aliphatic carbocycles. The summed E-state index contributed by atoms with van der Waals surface area (Å²) < 4.78 is 34.8. The number of aromatic nitrogens is 2. The van der Waals surface area contributed by atoms with Crippen LogP contribution in [-0.2, 0) is 23.1 Å². The minimum Gasteiger partial charge on any atom is -0.387 e. The number of nitrogens with one attached hydrogen (secondary N) is 1. The van der Waals surface area contributed by atoms with Gasteiger partial charge in [0.15, 0.2) is 11.0 Å². The maximum absolute atomic E-state index is 12.3. The Morgan fingerprint density at radius 2 is 1.68 bits per heavy atom. The molecule has 41 heavy (non-hydrogen) atoms. The van der Waals surface area contributed by atoms with Crippen molar-refractivity contribution in [3.63, 3.8) is 0 Å². The van der Waals surface area contributed by atoms with Gasteiger partial charge in [0.05, 0.1) is 25.9 Å². The van der Waals surface area contributed by atoms with Crippen molar-refractivity contribution >= 4 is 20.0 Å². The van der Waals surface area contributed by atoms with E-state index in [1.54, 1.807) is 0 Å². The van der Waals surface area contributed by atoms with Gasteiger partial charge >= 0.3 is 7.82 Å². The summed E-state index contributed by atoms with van der Waals surface area (Å²) in [4.78, 5) is 23.9.